The molecule has 0 radical (unpaired) electrons. The number of carbonyl (C=O) groups is 2. The van der Waals surface area contributed by atoms with Crippen molar-refractivity contribution in [1.82, 2.24) is 9.62 Å². The first kappa shape index (κ1) is 21.2. The van der Waals surface area contributed by atoms with Gasteiger partial charge in [-0.05, 0) is 31.9 Å². The van der Waals surface area contributed by atoms with E-state index in [1.165, 1.54) is 0 Å². The van der Waals surface area contributed by atoms with E-state index in [2.05, 4.69) is 4.72 Å². The van der Waals surface area contributed by atoms with Gasteiger partial charge in [0.25, 0.3) is 0 Å². The maximum atomic E-state index is 12.4. The zero-order chi connectivity index (χ0) is 20.9. The molecule has 0 aliphatic carbocycles. The summed E-state index contributed by atoms with van der Waals surface area (Å²) in [6.45, 7) is 2.93. The minimum absolute atomic E-state index is 0.0381. The van der Waals surface area contributed by atoms with Crippen LogP contribution in [0.15, 0.2) is 59.5 Å². The molecule has 1 heterocycles. The van der Waals surface area contributed by atoms with E-state index in [9.17, 15) is 18.0 Å². The summed E-state index contributed by atoms with van der Waals surface area (Å²) < 4.78 is 27.6. The number of nitrogens with one attached hydrogen (secondary N) is 1. The van der Waals surface area contributed by atoms with Gasteiger partial charge in [-0.1, -0.05) is 48.0 Å². The molecular formula is C22H26N2O4S. The first-order chi connectivity index (χ1) is 13.8. The van der Waals surface area contributed by atoms with Gasteiger partial charge in [-0.2, -0.15) is 0 Å². The van der Waals surface area contributed by atoms with Gasteiger partial charge in [0.1, 0.15) is 0 Å². The van der Waals surface area contributed by atoms with E-state index < -0.39 is 10.0 Å². The van der Waals surface area contributed by atoms with Gasteiger partial charge in [0.2, 0.25) is 15.9 Å². The van der Waals surface area contributed by atoms with Gasteiger partial charge in [-0.3, -0.25) is 9.59 Å². The standard InChI is InChI=1S/C22H26N2O4S/c1-17-7-9-18(10-8-17)21(25)11-12-22(26)24-15-13-19(14-16-24)23-29(27,28)20-5-3-2-4-6-20/h2-10,19,23H,11-16H2,1H3. The van der Waals surface area contributed by atoms with Crippen LogP contribution in [-0.2, 0) is 14.8 Å². The van der Waals surface area contributed by atoms with Crippen LogP contribution in [0.2, 0.25) is 0 Å². The van der Waals surface area contributed by atoms with E-state index in [0.717, 1.165) is 5.56 Å². The van der Waals surface area contributed by atoms with Gasteiger partial charge < -0.3 is 4.90 Å². The number of rotatable bonds is 7. The quantitative estimate of drug-likeness (QED) is 0.706. The molecule has 0 aromatic heterocycles. The van der Waals surface area contributed by atoms with Crippen LogP contribution in [0.3, 0.4) is 0 Å². The number of ketones is 1. The van der Waals surface area contributed by atoms with Crippen LogP contribution in [-0.4, -0.2) is 44.1 Å². The highest BCUT2D eigenvalue weighted by Crippen LogP contribution is 2.16. The van der Waals surface area contributed by atoms with Crippen LogP contribution >= 0.6 is 0 Å². The minimum atomic E-state index is -3.55. The molecule has 1 fully saturated rings. The summed E-state index contributed by atoms with van der Waals surface area (Å²) in [6.07, 6.45) is 1.48. The fourth-order valence-electron chi connectivity index (χ4n) is 3.40. The Hall–Kier alpha value is -2.51. The molecule has 1 aliphatic rings. The van der Waals surface area contributed by atoms with E-state index in [-0.39, 0.29) is 35.5 Å². The molecule has 154 valence electrons. The van der Waals surface area contributed by atoms with E-state index in [1.807, 2.05) is 19.1 Å². The Balaban J connectivity index is 1.46. The molecule has 6 nitrogen and oxygen atoms in total. The average Bonchev–Trinajstić information content (AvgIpc) is 2.73. The Morgan fingerprint density at radius 1 is 0.966 bits per heavy atom. The molecule has 0 unspecified atom stereocenters. The number of hydrogen-bond acceptors (Lipinski definition) is 4. The van der Waals surface area contributed by atoms with Crippen molar-refractivity contribution in [2.24, 2.45) is 0 Å². The largest absolute Gasteiger partial charge is 0.343 e. The maximum absolute atomic E-state index is 12.4. The van der Waals surface area contributed by atoms with Crippen LogP contribution < -0.4 is 4.72 Å². The number of Topliss-reactive ketones (excluding diaryl/α,β-unsaturated/α-hetero) is 1. The number of amides is 1. The van der Waals surface area contributed by atoms with Gasteiger partial charge in [0.15, 0.2) is 5.78 Å². The first-order valence-electron chi connectivity index (χ1n) is 9.80. The molecule has 2 aromatic carbocycles. The number of carbonyl (C=O) groups excluding carboxylic acids is 2. The Labute approximate surface area is 172 Å². The normalized spacial score (nSPS) is 15.3. The molecule has 0 spiro atoms. The van der Waals surface area contributed by atoms with E-state index in [0.29, 0.717) is 31.5 Å². The third-order valence-electron chi connectivity index (χ3n) is 5.16. The van der Waals surface area contributed by atoms with Gasteiger partial charge in [0.05, 0.1) is 4.90 Å². The summed E-state index contributed by atoms with van der Waals surface area (Å²) in [7, 11) is -3.55. The molecule has 0 bridgehead atoms. The van der Waals surface area contributed by atoms with Crippen molar-refractivity contribution in [1.29, 1.82) is 0 Å². The summed E-state index contributed by atoms with van der Waals surface area (Å²) in [4.78, 5) is 26.6. The van der Waals surface area contributed by atoms with Gasteiger partial charge in [-0.25, -0.2) is 13.1 Å². The maximum Gasteiger partial charge on any atom is 0.240 e. The number of benzene rings is 2. The zero-order valence-corrected chi connectivity index (χ0v) is 17.3. The molecule has 2 aromatic rings. The monoisotopic (exact) mass is 414 g/mol. The second-order valence-electron chi connectivity index (χ2n) is 7.38. The predicted octanol–water partition coefficient (Wildman–Crippen LogP) is 2.93. The van der Waals surface area contributed by atoms with Crippen LogP contribution in [0.5, 0.6) is 0 Å². The molecule has 1 aliphatic heterocycles. The van der Waals surface area contributed by atoms with E-state index in [4.69, 9.17) is 0 Å². The second-order valence-corrected chi connectivity index (χ2v) is 9.09. The van der Waals surface area contributed by atoms with Crippen LogP contribution in [0.1, 0.15) is 41.6 Å². The third kappa shape index (κ3) is 5.74. The molecule has 29 heavy (non-hydrogen) atoms. The SMILES string of the molecule is Cc1ccc(C(=O)CCC(=O)N2CCC(NS(=O)(=O)c3ccccc3)CC2)cc1. The molecular weight excluding hydrogens is 388 g/mol. The lowest BCUT2D eigenvalue weighted by atomic mass is 10.0. The molecule has 1 amide bonds. The summed E-state index contributed by atoms with van der Waals surface area (Å²) in [5.74, 6) is -0.0984. The first-order valence-corrected chi connectivity index (χ1v) is 11.3. The van der Waals surface area contributed by atoms with Crippen molar-refractivity contribution in [2.45, 2.75) is 43.5 Å². The topological polar surface area (TPSA) is 83.6 Å². The third-order valence-corrected chi connectivity index (χ3v) is 6.70. The molecule has 7 heteroatoms. The lowest BCUT2D eigenvalue weighted by Crippen LogP contribution is -2.46. The number of piperidine rings is 1. The zero-order valence-electron chi connectivity index (χ0n) is 16.5. The Morgan fingerprint density at radius 2 is 1.59 bits per heavy atom. The second kappa shape index (κ2) is 9.33. The Morgan fingerprint density at radius 3 is 2.21 bits per heavy atom. The molecule has 1 N–H and O–H groups in total. The van der Waals surface area contributed by atoms with Crippen molar-refractivity contribution in [3.05, 3.63) is 65.7 Å². The minimum Gasteiger partial charge on any atom is -0.343 e. The van der Waals surface area contributed by atoms with Crippen molar-refractivity contribution in [3.63, 3.8) is 0 Å². The number of aryl methyl sites for hydroxylation is 1. The predicted molar refractivity (Wildman–Crippen MR) is 111 cm³/mol. The number of nitrogens with zero attached hydrogens (tertiary/aromatic N) is 1. The van der Waals surface area contributed by atoms with Crippen LogP contribution in [0.4, 0.5) is 0 Å². The van der Waals surface area contributed by atoms with Gasteiger partial charge >= 0.3 is 0 Å². The Kier molecular flexibility index (Phi) is 6.82. The number of hydrogen-bond donors (Lipinski definition) is 1. The van der Waals surface area contributed by atoms with Gasteiger partial charge in [-0.15, -0.1) is 0 Å². The number of likely N-dealkylation sites (tertiary alicyclic amines) is 1. The van der Waals surface area contributed by atoms with Crippen LogP contribution in [0.25, 0.3) is 0 Å². The van der Waals surface area contributed by atoms with Crippen molar-refractivity contribution >= 4 is 21.7 Å². The van der Waals surface area contributed by atoms with E-state index >= 15 is 0 Å². The fraction of sp³-hybridized carbons (Fsp3) is 0.364. The highest BCUT2D eigenvalue weighted by Gasteiger charge is 2.26. The number of sulfonamides is 1. The highest BCUT2D eigenvalue weighted by molar-refractivity contribution is 7.89. The van der Waals surface area contributed by atoms with Crippen LogP contribution in [0, 0.1) is 6.92 Å². The highest BCUT2D eigenvalue weighted by atomic mass is 32.2. The molecule has 0 saturated carbocycles. The summed E-state index contributed by atoms with van der Waals surface area (Å²) >= 11 is 0. The lowest BCUT2D eigenvalue weighted by Gasteiger charge is -2.32. The fourth-order valence-corrected chi connectivity index (χ4v) is 4.72. The van der Waals surface area contributed by atoms with Crippen molar-refractivity contribution in [2.75, 3.05) is 13.1 Å². The van der Waals surface area contributed by atoms with E-state index in [1.54, 1.807) is 47.4 Å². The molecule has 0 atom stereocenters. The van der Waals surface area contributed by atoms with Gasteiger partial charge in [0, 0.05) is 37.5 Å². The van der Waals surface area contributed by atoms with Crippen molar-refractivity contribution < 1.29 is 18.0 Å². The summed E-state index contributed by atoms with van der Waals surface area (Å²) in [5.41, 5.74) is 1.71. The van der Waals surface area contributed by atoms with Crippen molar-refractivity contribution in [3.8, 4) is 0 Å². The smallest absolute Gasteiger partial charge is 0.240 e. The summed E-state index contributed by atoms with van der Waals surface area (Å²) in [6, 6.07) is 15.4. The summed E-state index contributed by atoms with van der Waals surface area (Å²) in [5, 5.41) is 0. The molecule has 1 saturated heterocycles. The Bertz CT molecular complexity index is 948. The average molecular weight is 415 g/mol. The lowest BCUT2D eigenvalue weighted by molar-refractivity contribution is -0.132. The molecule has 3 rings (SSSR count).